The number of benzene rings is 1. The standard InChI is InChI=1S/C15H22N2O/c1-4-18-10-14-8-12-6-5-7-13(9-16)15(12)17(14)11(2)3/h5-8,11H,4,9-10,16H2,1-3H3. The third kappa shape index (κ3) is 2.28. The maximum absolute atomic E-state index is 5.85. The predicted octanol–water partition coefficient (Wildman–Crippen LogP) is 3.22. The van der Waals surface area contributed by atoms with Crippen LogP contribution in [0.5, 0.6) is 0 Å². The summed E-state index contributed by atoms with van der Waals surface area (Å²) in [7, 11) is 0. The van der Waals surface area contributed by atoms with Gasteiger partial charge in [-0.25, -0.2) is 0 Å². The molecule has 1 aromatic heterocycles. The van der Waals surface area contributed by atoms with E-state index >= 15 is 0 Å². The second-order valence-electron chi connectivity index (χ2n) is 4.80. The topological polar surface area (TPSA) is 40.2 Å². The van der Waals surface area contributed by atoms with E-state index < -0.39 is 0 Å². The van der Waals surface area contributed by atoms with Crippen LogP contribution in [-0.4, -0.2) is 11.2 Å². The molecule has 0 radical (unpaired) electrons. The van der Waals surface area contributed by atoms with Crippen LogP contribution in [0.4, 0.5) is 0 Å². The lowest BCUT2D eigenvalue weighted by Gasteiger charge is -2.16. The summed E-state index contributed by atoms with van der Waals surface area (Å²) in [5, 5.41) is 1.25. The fraction of sp³-hybridized carbons (Fsp3) is 0.467. The minimum atomic E-state index is 0.408. The van der Waals surface area contributed by atoms with Crippen molar-refractivity contribution < 1.29 is 4.74 Å². The second-order valence-corrected chi connectivity index (χ2v) is 4.80. The molecule has 3 nitrogen and oxygen atoms in total. The van der Waals surface area contributed by atoms with Gasteiger partial charge in [-0.1, -0.05) is 18.2 Å². The number of rotatable bonds is 5. The van der Waals surface area contributed by atoms with Gasteiger partial charge in [0, 0.05) is 30.3 Å². The van der Waals surface area contributed by atoms with Gasteiger partial charge in [0.1, 0.15) is 0 Å². The van der Waals surface area contributed by atoms with E-state index in [0.717, 1.165) is 6.61 Å². The van der Waals surface area contributed by atoms with E-state index in [1.54, 1.807) is 0 Å². The van der Waals surface area contributed by atoms with E-state index in [4.69, 9.17) is 10.5 Å². The van der Waals surface area contributed by atoms with E-state index in [0.29, 0.717) is 19.2 Å². The minimum absolute atomic E-state index is 0.408. The number of ether oxygens (including phenoxy) is 1. The van der Waals surface area contributed by atoms with Crippen LogP contribution in [0.2, 0.25) is 0 Å². The Morgan fingerprint density at radius 2 is 2.11 bits per heavy atom. The van der Waals surface area contributed by atoms with Crippen molar-refractivity contribution in [2.24, 2.45) is 5.73 Å². The molecule has 98 valence electrons. The molecule has 0 unspecified atom stereocenters. The molecule has 0 spiro atoms. The van der Waals surface area contributed by atoms with Crippen LogP contribution in [0.15, 0.2) is 24.3 Å². The molecule has 3 heteroatoms. The van der Waals surface area contributed by atoms with Gasteiger partial charge in [-0.15, -0.1) is 0 Å². The molecule has 1 heterocycles. The number of hydrogen-bond acceptors (Lipinski definition) is 2. The molecule has 0 fully saturated rings. The number of fused-ring (bicyclic) bond motifs is 1. The lowest BCUT2D eigenvalue weighted by molar-refractivity contribution is 0.128. The monoisotopic (exact) mass is 246 g/mol. The van der Waals surface area contributed by atoms with E-state index in [-0.39, 0.29) is 0 Å². The first-order valence-electron chi connectivity index (χ1n) is 6.58. The van der Waals surface area contributed by atoms with Crippen LogP contribution < -0.4 is 5.73 Å². The lowest BCUT2D eigenvalue weighted by Crippen LogP contribution is -2.09. The highest BCUT2D eigenvalue weighted by Gasteiger charge is 2.13. The number of para-hydroxylation sites is 1. The molecule has 2 rings (SSSR count). The number of aromatic nitrogens is 1. The molecule has 0 amide bonds. The van der Waals surface area contributed by atoms with Crippen LogP contribution in [0.25, 0.3) is 10.9 Å². The van der Waals surface area contributed by atoms with Crippen LogP contribution in [0.3, 0.4) is 0 Å². The van der Waals surface area contributed by atoms with Crippen molar-refractivity contribution in [3.05, 3.63) is 35.5 Å². The normalized spacial score (nSPS) is 11.6. The zero-order valence-corrected chi connectivity index (χ0v) is 11.4. The van der Waals surface area contributed by atoms with E-state index in [1.807, 2.05) is 6.92 Å². The molecule has 2 N–H and O–H groups in total. The number of nitrogens with zero attached hydrogens (tertiary/aromatic N) is 1. The zero-order chi connectivity index (χ0) is 13.1. The van der Waals surface area contributed by atoms with Gasteiger partial charge in [-0.2, -0.15) is 0 Å². The Morgan fingerprint density at radius 1 is 1.33 bits per heavy atom. The number of nitrogens with two attached hydrogens (primary N) is 1. The smallest absolute Gasteiger partial charge is 0.0868 e. The molecular formula is C15H22N2O. The molecule has 0 saturated carbocycles. The first-order chi connectivity index (χ1) is 8.69. The zero-order valence-electron chi connectivity index (χ0n) is 11.4. The summed E-state index contributed by atoms with van der Waals surface area (Å²) in [5.74, 6) is 0. The highest BCUT2D eigenvalue weighted by atomic mass is 16.5. The quantitative estimate of drug-likeness (QED) is 0.880. The average molecular weight is 246 g/mol. The SMILES string of the molecule is CCOCc1cc2cccc(CN)c2n1C(C)C. The fourth-order valence-electron chi connectivity index (χ4n) is 2.49. The Kier molecular flexibility index (Phi) is 4.04. The number of hydrogen-bond donors (Lipinski definition) is 1. The maximum atomic E-state index is 5.85. The molecule has 0 aliphatic carbocycles. The Hall–Kier alpha value is -1.32. The molecule has 1 aromatic carbocycles. The molecular weight excluding hydrogens is 224 g/mol. The first kappa shape index (κ1) is 13.1. The van der Waals surface area contributed by atoms with Crippen molar-refractivity contribution >= 4 is 10.9 Å². The molecule has 0 aliphatic heterocycles. The third-order valence-corrected chi connectivity index (χ3v) is 3.21. The summed E-state index contributed by atoms with van der Waals surface area (Å²) >= 11 is 0. The van der Waals surface area contributed by atoms with Crippen LogP contribution in [-0.2, 0) is 17.9 Å². The minimum Gasteiger partial charge on any atom is -0.376 e. The van der Waals surface area contributed by atoms with Gasteiger partial charge in [0.15, 0.2) is 0 Å². The molecule has 0 aliphatic rings. The Morgan fingerprint density at radius 3 is 2.72 bits per heavy atom. The predicted molar refractivity (Wildman–Crippen MR) is 75.5 cm³/mol. The molecule has 0 saturated heterocycles. The summed E-state index contributed by atoms with van der Waals surface area (Å²) < 4.78 is 7.90. The van der Waals surface area contributed by atoms with Crippen molar-refractivity contribution in [1.29, 1.82) is 0 Å². The van der Waals surface area contributed by atoms with E-state index in [1.165, 1.54) is 22.2 Å². The third-order valence-electron chi connectivity index (χ3n) is 3.21. The van der Waals surface area contributed by atoms with Gasteiger partial charge >= 0.3 is 0 Å². The van der Waals surface area contributed by atoms with Crippen molar-refractivity contribution in [2.75, 3.05) is 6.61 Å². The van der Waals surface area contributed by atoms with Gasteiger partial charge in [-0.05, 0) is 32.4 Å². The lowest BCUT2D eigenvalue weighted by atomic mass is 10.1. The molecule has 18 heavy (non-hydrogen) atoms. The van der Waals surface area contributed by atoms with Crippen LogP contribution >= 0.6 is 0 Å². The van der Waals surface area contributed by atoms with Crippen molar-refractivity contribution in [1.82, 2.24) is 4.57 Å². The van der Waals surface area contributed by atoms with Gasteiger partial charge in [0.05, 0.1) is 12.1 Å². The highest BCUT2D eigenvalue weighted by Crippen LogP contribution is 2.27. The van der Waals surface area contributed by atoms with Gasteiger partial charge in [0.25, 0.3) is 0 Å². The van der Waals surface area contributed by atoms with Crippen molar-refractivity contribution in [2.45, 2.75) is 40.0 Å². The van der Waals surface area contributed by atoms with Gasteiger partial charge in [0.2, 0.25) is 0 Å². The largest absolute Gasteiger partial charge is 0.376 e. The Balaban J connectivity index is 2.61. The van der Waals surface area contributed by atoms with E-state index in [2.05, 4.69) is 42.7 Å². The van der Waals surface area contributed by atoms with Crippen molar-refractivity contribution in [3.63, 3.8) is 0 Å². The van der Waals surface area contributed by atoms with Crippen LogP contribution in [0, 0.1) is 0 Å². The summed E-state index contributed by atoms with van der Waals surface area (Å²) in [6, 6.07) is 8.93. The first-order valence-corrected chi connectivity index (χ1v) is 6.58. The Labute approximate surface area is 109 Å². The van der Waals surface area contributed by atoms with Gasteiger partial charge in [-0.3, -0.25) is 0 Å². The fourth-order valence-corrected chi connectivity index (χ4v) is 2.49. The van der Waals surface area contributed by atoms with Gasteiger partial charge < -0.3 is 15.0 Å². The summed E-state index contributed by atoms with van der Waals surface area (Å²) in [6.07, 6.45) is 0. The van der Waals surface area contributed by atoms with E-state index in [9.17, 15) is 0 Å². The maximum Gasteiger partial charge on any atom is 0.0868 e. The molecule has 2 aromatic rings. The van der Waals surface area contributed by atoms with Crippen LogP contribution in [0.1, 0.15) is 38.1 Å². The van der Waals surface area contributed by atoms with Crippen molar-refractivity contribution in [3.8, 4) is 0 Å². The summed E-state index contributed by atoms with van der Waals surface area (Å²) in [6.45, 7) is 8.39. The Bertz CT molecular complexity index is 529. The summed E-state index contributed by atoms with van der Waals surface area (Å²) in [5.41, 5.74) is 9.53. The summed E-state index contributed by atoms with van der Waals surface area (Å²) in [4.78, 5) is 0. The molecule has 0 atom stereocenters. The highest BCUT2D eigenvalue weighted by molar-refractivity contribution is 5.84. The molecule has 0 bridgehead atoms. The second kappa shape index (κ2) is 5.55. The average Bonchev–Trinajstić information content (AvgIpc) is 2.74.